The molecule has 7 heteroatoms. The fraction of sp³-hybridized carbons (Fsp3) is 0.312. The van der Waals surface area contributed by atoms with E-state index < -0.39 is 27.9 Å². The minimum absolute atomic E-state index is 0.140. The van der Waals surface area contributed by atoms with Gasteiger partial charge in [0.15, 0.2) is 11.0 Å². The minimum atomic E-state index is -1.09. The van der Waals surface area contributed by atoms with Gasteiger partial charge in [0.1, 0.15) is 11.1 Å². The van der Waals surface area contributed by atoms with Gasteiger partial charge in [-0.25, -0.2) is 4.39 Å². The molecule has 122 valence electrons. The third-order valence-electron chi connectivity index (χ3n) is 3.85. The molecule has 1 saturated heterocycles. The van der Waals surface area contributed by atoms with E-state index in [0.717, 1.165) is 25.1 Å². The van der Waals surface area contributed by atoms with Crippen LogP contribution in [-0.2, 0) is 0 Å². The Kier molecular flexibility index (Phi) is 4.99. The van der Waals surface area contributed by atoms with Crippen LogP contribution in [0, 0.1) is 17.6 Å². The number of ether oxygens (including phenoxy) is 1. The zero-order valence-electron chi connectivity index (χ0n) is 12.0. The van der Waals surface area contributed by atoms with Gasteiger partial charge in [-0.2, -0.15) is 9.37 Å². The molecular formula is C16H14Cl2F2N2O. The first-order valence-corrected chi connectivity index (χ1v) is 7.96. The molecule has 3 nitrogen and oxygen atoms in total. The van der Waals surface area contributed by atoms with Crippen molar-refractivity contribution in [2.45, 2.75) is 12.5 Å². The van der Waals surface area contributed by atoms with E-state index in [1.165, 1.54) is 0 Å². The Labute approximate surface area is 142 Å². The van der Waals surface area contributed by atoms with Crippen molar-refractivity contribution in [1.82, 2.24) is 10.3 Å². The second-order valence-corrected chi connectivity index (χ2v) is 6.09. The highest BCUT2D eigenvalue weighted by Gasteiger charge is 2.30. The third kappa shape index (κ3) is 3.42. The minimum Gasteiger partial charge on any atom is -0.467 e. The predicted octanol–water partition coefficient (Wildman–Crippen LogP) is 4.40. The largest absolute Gasteiger partial charge is 0.467 e. The number of pyridine rings is 1. The van der Waals surface area contributed by atoms with Gasteiger partial charge in [-0.15, -0.1) is 0 Å². The maximum absolute atomic E-state index is 14.2. The Morgan fingerprint density at radius 3 is 2.57 bits per heavy atom. The lowest BCUT2D eigenvalue weighted by Gasteiger charge is -2.24. The summed E-state index contributed by atoms with van der Waals surface area (Å²) in [5.74, 6) is -2.37. The van der Waals surface area contributed by atoms with Gasteiger partial charge < -0.3 is 10.1 Å². The molecule has 0 spiro atoms. The highest BCUT2D eigenvalue weighted by molar-refractivity contribution is 6.34. The van der Waals surface area contributed by atoms with Crippen molar-refractivity contribution in [2.24, 2.45) is 5.92 Å². The average Bonchev–Trinajstić information content (AvgIpc) is 3.10. The van der Waals surface area contributed by atoms with Crippen LogP contribution in [0.25, 0.3) is 0 Å². The molecule has 2 aromatic rings. The maximum Gasteiger partial charge on any atom is 0.254 e. The third-order valence-corrected chi connectivity index (χ3v) is 4.43. The number of halogens is 4. The van der Waals surface area contributed by atoms with Crippen LogP contribution in [0.15, 0.2) is 30.3 Å². The Morgan fingerprint density at radius 1 is 1.17 bits per heavy atom. The van der Waals surface area contributed by atoms with Crippen LogP contribution in [0.3, 0.4) is 0 Å². The van der Waals surface area contributed by atoms with Crippen LogP contribution >= 0.6 is 23.2 Å². The fourth-order valence-electron chi connectivity index (χ4n) is 2.68. The molecule has 2 atom stereocenters. The molecule has 0 aliphatic carbocycles. The van der Waals surface area contributed by atoms with Gasteiger partial charge in [-0.05, 0) is 18.5 Å². The highest BCUT2D eigenvalue weighted by Crippen LogP contribution is 2.36. The van der Waals surface area contributed by atoms with Gasteiger partial charge in [-0.3, -0.25) is 0 Å². The number of hydrogen-bond donors (Lipinski definition) is 1. The smallest absolute Gasteiger partial charge is 0.254 e. The zero-order chi connectivity index (χ0) is 16.4. The predicted molar refractivity (Wildman–Crippen MR) is 85.0 cm³/mol. The molecule has 0 bridgehead atoms. The molecule has 1 fully saturated rings. The molecule has 1 aliphatic rings. The SMILES string of the molecule is Fc1c(Cl)nc(O[C@H](c2ccccc2)C2CCNC2)c(F)c1Cl. The lowest BCUT2D eigenvalue weighted by molar-refractivity contribution is 0.131. The molecule has 1 N–H and O–H groups in total. The quantitative estimate of drug-likeness (QED) is 0.822. The number of hydrogen-bond acceptors (Lipinski definition) is 3. The van der Waals surface area contributed by atoms with Gasteiger partial charge in [0, 0.05) is 12.5 Å². The van der Waals surface area contributed by atoms with Crippen molar-refractivity contribution < 1.29 is 13.5 Å². The summed E-state index contributed by atoms with van der Waals surface area (Å²) in [6.07, 6.45) is 0.454. The van der Waals surface area contributed by atoms with E-state index >= 15 is 0 Å². The van der Waals surface area contributed by atoms with Crippen molar-refractivity contribution in [3.63, 3.8) is 0 Å². The zero-order valence-corrected chi connectivity index (χ0v) is 13.5. The van der Waals surface area contributed by atoms with Crippen molar-refractivity contribution in [3.05, 3.63) is 57.7 Å². The first-order chi connectivity index (χ1) is 11.1. The molecule has 1 aliphatic heterocycles. The normalized spacial score (nSPS) is 18.9. The van der Waals surface area contributed by atoms with Gasteiger partial charge in [-0.1, -0.05) is 53.5 Å². The summed E-state index contributed by atoms with van der Waals surface area (Å²) in [4.78, 5) is 3.66. The van der Waals surface area contributed by atoms with E-state index in [0.29, 0.717) is 0 Å². The van der Waals surface area contributed by atoms with Crippen LogP contribution in [-0.4, -0.2) is 18.1 Å². The number of aromatic nitrogens is 1. The molecule has 3 rings (SSSR count). The van der Waals surface area contributed by atoms with Gasteiger partial charge in [0.05, 0.1) is 0 Å². The Morgan fingerprint density at radius 2 is 1.91 bits per heavy atom. The summed E-state index contributed by atoms with van der Waals surface area (Å²) < 4.78 is 33.4. The van der Waals surface area contributed by atoms with E-state index in [1.807, 2.05) is 30.3 Å². The first-order valence-electron chi connectivity index (χ1n) is 7.20. The Bertz CT molecular complexity index is 694. The van der Waals surface area contributed by atoms with Gasteiger partial charge >= 0.3 is 0 Å². The van der Waals surface area contributed by atoms with Crippen LogP contribution in [0.5, 0.6) is 5.88 Å². The Hall–Kier alpha value is -1.43. The standard InChI is InChI=1S/C16H14Cl2F2N2O/c17-11-12(19)15(18)22-16(13(11)20)23-14(10-6-7-21-8-10)9-4-2-1-3-5-9/h1-5,10,14,21H,6-8H2/t10?,14-/m1/s1. The van der Waals surface area contributed by atoms with Gasteiger partial charge in [0.2, 0.25) is 5.82 Å². The molecule has 0 radical (unpaired) electrons. The summed E-state index contributed by atoms with van der Waals surface area (Å²) in [6.45, 7) is 1.60. The average molecular weight is 359 g/mol. The second kappa shape index (κ2) is 6.99. The second-order valence-electron chi connectivity index (χ2n) is 5.35. The van der Waals surface area contributed by atoms with Crippen molar-refractivity contribution in [1.29, 1.82) is 0 Å². The van der Waals surface area contributed by atoms with Crippen LogP contribution in [0.1, 0.15) is 18.1 Å². The van der Waals surface area contributed by atoms with Crippen molar-refractivity contribution in [3.8, 4) is 5.88 Å². The summed E-state index contributed by atoms with van der Waals surface area (Å²) in [5.41, 5.74) is 0.888. The number of benzene rings is 1. The maximum atomic E-state index is 14.2. The molecular weight excluding hydrogens is 345 g/mol. The molecule has 1 unspecified atom stereocenters. The molecule has 23 heavy (non-hydrogen) atoms. The topological polar surface area (TPSA) is 34.1 Å². The molecule has 1 aromatic heterocycles. The first kappa shape index (κ1) is 16.4. The summed E-state index contributed by atoms with van der Waals surface area (Å²) in [5, 5.41) is 2.03. The highest BCUT2D eigenvalue weighted by atomic mass is 35.5. The van der Waals surface area contributed by atoms with E-state index in [4.69, 9.17) is 27.9 Å². The molecule has 0 saturated carbocycles. The molecule has 0 amide bonds. The van der Waals surface area contributed by atoms with Crippen molar-refractivity contribution in [2.75, 3.05) is 13.1 Å². The van der Waals surface area contributed by atoms with Crippen molar-refractivity contribution >= 4 is 23.2 Å². The lowest BCUT2D eigenvalue weighted by Crippen LogP contribution is -2.22. The number of nitrogens with one attached hydrogen (secondary N) is 1. The molecule has 2 heterocycles. The lowest BCUT2D eigenvalue weighted by atomic mass is 9.95. The van der Waals surface area contributed by atoms with Crippen LogP contribution in [0.4, 0.5) is 8.78 Å². The van der Waals surface area contributed by atoms with Crippen LogP contribution in [0.2, 0.25) is 10.2 Å². The number of nitrogens with zero attached hydrogens (tertiary/aromatic N) is 1. The van der Waals surface area contributed by atoms with E-state index in [1.54, 1.807) is 0 Å². The number of rotatable bonds is 4. The van der Waals surface area contributed by atoms with E-state index in [-0.39, 0.29) is 11.8 Å². The fourth-order valence-corrected chi connectivity index (χ4v) is 3.07. The Balaban J connectivity index is 1.96. The summed E-state index contributed by atoms with van der Waals surface area (Å²) in [7, 11) is 0. The molecule has 1 aromatic carbocycles. The van der Waals surface area contributed by atoms with Crippen LogP contribution < -0.4 is 10.1 Å². The monoisotopic (exact) mass is 358 g/mol. The van der Waals surface area contributed by atoms with Gasteiger partial charge in [0.25, 0.3) is 5.88 Å². The summed E-state index contributed by atoms with van der Waals surface area (Å²) in [6, 6.07) is 9.43. The summed E-state index contributed by atoms with van der Waals surface area (Å²) >= 11 is 11.3. The van der Waals surface area contributed by atoms with E-state index in [9.17, 15) is 8.78 Å². The van der Waals surface area contributed by atoms with E-state index in [2.05, 4.69) is 10.3 Å².